The van der Waals surface area contributed by atoms with Gasteiger partial charge in [-0.25, -0.2) is 0 Å². The predicted molar refractivity (Wildman–Crippen MR) is 147 cm³/mol. The Balaban J connectivity index is 0.00000385. The summed E-state index contributed by atoms with van der Waals surface area (Å²) in [4.78, 5) is 6.95. The van der Waals surface area contributed by atoms with Crippen LogP contribution in [0.2, 0.25) is 0 Å². The molecule has 0 unspecified atom stereocenters. The third-order valence-electron chi connectivity index (χ3n) is 5.71. The molecule has 0 amide bonds. The van der Waals surface area contributed by atoms with Gasteiger partial charge >= 0.3 is 0 Å². The van der Waals surface area contributed by atoms with Gasteiger partial charge in [0.1, 0.15) is 0 Å². The van der Waals surface area contributed by atoms with Crippen molar-refractivity contribution in [1.29, 1.82) is 0 Å². The molecule has 7 heteroatoms. The summed E-state index contributed by atoms with van der Waals surface area (Å²) in [5.41, 5.74) is 2.60. The van der Waals surface area contributed by atoms with E-state index in [1.54, 1.807) is 0 Å². The zero-order valence-electron chi connectivity index (χ0n) is 20.2. The number of ether oxygens (including phenoxy) is 2. The molecule has 0 spiro atoms. The van der Waals surface area contributed by atoms with Crippen molar-refractivity contribution in [3.63, 3.8) is 0 Å². The van der Waals surface area contributed by atoms with Crippen molar-refractivity contribution < 1.29 is 9.47 Å². The zero-order chi connectivity index (χ0) is 22.6. The van der Waals surface area contributed by atoms with E-state index in [0.717, 1.165) is 62.9 Å². The molecule has 2 N–H and O–H groups in total. The van der Waals surface area contributed by atoms with E-state index in [1.807, 2.05) is 27.0 Å². The SMILES string of the molecule is CCOc1ccc(CCNC(=NC)NC2CCN(Cc3ccccc3)CC2)cc1OCC.I. The van der Waals surface area contributed by atoms with E-state index in [4.69, 9.17) is 9.47 Å². The molecule has 1 aliphatic heterocycles. The van der Waals surface area contributed by atoms with Gasteiger partial charge in [0.25, 0.3) is 0 Å². The number of rotatable bonds is 10. The number of nitrogens with one attached hydrogen (secondary N) is 2. The highest BCUT2D eigenvalue weighted by Crippen LogP contribution is 2.28. The van der Waals surface area contributed by atoms with Crippen LogP contribution in [-0.2, 0) is 13.0 Å². The number of hydrogen-bond donors (Lipinski definition) is 2. The van der Waals surface area contributed by atoms with Gasteiger partial charge in [0.05, 0.1) is 13.2 Å². The molecular weight excluding hydrogens is 527 g/mol. The first-order valence-electron chi connectivity index (χ1n) is 11.8. The van der Waals surface area contributed by atoms with Gasteiger partial charge < -0.3 is 20.1 Å². The lowest BCUT2D eigenvalue weighted by Gasteiger charge is -2.33. The number of benzene rings is 2. The molecule has 1 fully saturated rings. The van der Waals surface area contributed by atoms with Crippen molar-refractivity contribution in [3.8, 4) is 11.5 Å². The minimum atomic E-state index is 0. The molecule has 0 aliphatic carbocycles. The molecule has 33 heavy (non-hydrogen) atoms. The zero-order valence-corrected chi connectivity index (χ0v) is 22.5. The van der Waals surface area contributed by atoms with Gasteiger partial charge in [-0.3, -0.25) is 9.89 Å². The van der Waals surface area contributed by atoms with E-state index in [0.29, 0.717) is 19.3 Å². The van der Waals surface area contributed by atoms with Gasteiger partial charge in [-0.15, -0.1) is 24.0 Å². The van der Waals surface area contributed by atoms with E-state index in [9.17, 15) is 0 Å². The Hall–Kier alpha value is -2.00. The summed E-state index contributed by atoms with van der Waals surface area (Å²) in [6.07, 6.45) is 3.15. The lowest BCUT2D eigenvalue weighted by atomic mass is 10.0. The lowest BCUT2D eigenvalue weighted by Crippen LogP contribution is -2.48. The molecule has 1 aliphatic rings. The Morgan fingerprint density at radius 2 is 1.67 bits per heavy atom. The van der Waals surface area contributed by atoms with Crippen molar-refractivity contribution >= 4 is 29.9 Å². The first-order chi connectivity index (χ1) is 15.7. The number of likely N-dealkylation sites (tertiary alicyclic amines) is 1. The smallest absolute Gasteiger partial charge is 0.191 e. The Morgan fingerprint density at radius 1 is 0.970 bits per heavy atom. The van der Waals surface area contributed by atoms with Crippen molar-refractivity contribution in [1.82, 2.24) is 15.5 Å². The standard InChI is InChI=1S/C26H38N4O2.HI/c1-4-31-24-12-11-21(19-25(24)32-5-2)13-16-28-26(27-3)29-23-14-17-30(18-15-23)20-22-9-7-6-8-10-22;/h6-12,19,23H,4-5,13-18,20H2,1-3H3,(H2,27,28,29);1H. The van der Waals surface area contributed by atoms with Crippen LogP contribution in [0.3, 0.4) is 0 Å². The van der Waals surface area contributed by atoms with Crippen molar-refractivity contribution in [2.24, 2.45) is 4.99 Å². The van der Waals surface area contributed by atoms with Gasteiger partial charge in [-0.1, -0.05) is 36.4 Å². The summed E-state index contributed by atoms with van der Waals surface area (Å²) >= 11 is 0. The van der Waals surface area contributed by atoms with E-state index in [-0.39, 0.29) is 24.0 Å². The number of halogens is 1. The molecule has 182 valence electrons. The minimum Gasteiger partial charge on any atom is -0.490 e. The maximum absolute atomic E-state index is 5.74. The first-order valence-corrected chi connectivity index (χ1v) is 11.8. The normalized spacial score (nSPS) is 14.9. The van der Waals surface area contributed by atoms with Crippen LogP contribution in [0.15, 0.2) is 53.5 Å². The van der Waals surface area contributed by atoms with Crippen LogP contribution in [0, 0.1) is 0 Å². The molecule has 0 radical (unpaired) electrons. The van der Waals surface area contributed by atoms with Crippen LogP contribution >= 0.6 is 24.0 Å². The van der Waals surface area contributed by atoms with E-state index in [1.165, 1.54) is 11.1 Å². The molecule has 0 atom stereocenters. The monoisotopic (exact) mass is 566 g/mol. The Bertz CT molecular complexity index is 839. The van der Waals surface area contributed by atoms with Gasteiger partial charge in [-0.05, 0) is 56.4 Å². The molecule has 3 rings (SSSR count). The average Bonchev–Trinajstić information content (AvgIpc) is 2.82. The fraction of sp³-hybridized carbons (Fsp3) is 0.500. The molecule has 0 aromatic heterocycles. The van der Waals surface area contributed by atoms with E-state index >= 15 is 0 Å². The lowest BCUT2D eigenvalue weighted by molar-refractivity contribution is 0.198. The Kier molecular flexibility index (Phi) is 12.4. The van der Waals surface area contributed by atoms with Gasteiger partial charge in [0.2, 0.25) is 0 Å². The van der Waals surface area contributed by atoms with Gasteiger partial charge in [-0.2, -0.15) is 0 Å². The Labute approximate surface area is 216 Å². The van der Waals surface area contributed by atoms with Crippen molar-refractivity contribution in [3.05, 3.63) is 59.7 Å². The molecule has 2 aromatic carbocycles. The van der Waals surface area contributed by atoms with Crippen LogP contribution in [0.25, 0.3) is 0 Å². The van der Waals surface area contributed by atoms with E-state index < -0.39 is 0 Å². The highest BCUT2D eigenvalue weighted by Gasteiger charge is 2.20. The number of piperidine rings is 1. The summed E-state index contributed by atoms with van der Waals surface area (Å²) < 4.78 is 11.4. The molecule has 1 heterocycles. The molecule has 0 bridgehead atoms. The second-order valence-corrected chi connectivity index (χ2v) is 8.08. The fourth-order valence-electron chi connectivity index (χ4n) is 4.04. The number of nitrogens with zero attached hydrogens (tertiary/aromatic N) is 2. The molecular formula is C26H39IN4O2. The Morgan fingerprint density at radius 3 is 2.33 bits per heavy atom. The molecule has 1 saturated heterocycles. The third kappa shape index (κ3) is 9.04. The maximum Gasteiger partial charge on any atom is 0.191 e. The average molecular weight is 567 g/mol. The van der Waals surface area contributed by atoms with E-state index in [2.05, 4.69) is 63.0 Å². The topological polar surface area (TPSA) is 58.1 Å². The summed E-state index contributed by atoms with van der Waals surface area (Å²) in [7, 11) is 1.84. The summed E-state index contributed by atoms with van der Waals surface area (Å²) in [6, 6.07) is 17.4. The van der Waals surface area contributed by atoms with Crippen molar-refractivity contribution in [2.45, 2.75) is 45.7 Å². The summed E-state index contributed by atoms with van der Waals surface area (Å²) in [6.45, 7) is 9.30. The minimum absolute atomic E-state index is 0. The number of hydrogen-bond acceptors (Lipinski definition) is 4. The van der Waals surface area contributed by atoms with Gasteiger partial charge in [0.15, 0.2) is 17.5 Å². The predicted octanol–water partition coefficient (Wildman–Crippen LogP) is 4.47. The summed E-state index contributed by atoms with van der Waals surface area (Å²) in [5, 5.41) is 7.06. The number of guanidine groups is 1. The maximum atomic E-state index is 5.74. The highest BCUT2D eigenvalue weighted by atomic mass is 127. The first kappa shape index (κ1) is 27.2. The molecule has 0 saturated carbocycles. The second kappa shape index (κ2) is 15.0. The highest BCUT2D eigenvalue weighted by molar-refractivity contribution is 14.0. The van der Waals surface area contributed by atoms with Gasteiger partial charge in [0, 0.05) is 39.3 Å². The fourth-order valence-corrected chi connectivity index (χ4v) is 4.04. The molecule has 6 nitrogen and oxygen atoms in total. The van der Waals surface area contributed by atoms with Crippen LogP contribution in [0.1, 0.15) is 37.8 Å². The van der Waals surface area contributed by atoms with Crippen LogP contribution in [0.5, 0.6) is 11.5 Å². The van der Waals surface area contributed by atoms with Crippen LogP contribution in [-0.4, -0.2) is 56.8 Å². The summed E-state index contributed by atoms with van der Waals surface area (Å²) in [5.74, 6) is 2.50. The quantitative estimate of drug-likeness (QED) is 0.253. The van der Waals surface area contributed by atoms with Crippen molar-refractivity contribution in [2.75, 3.05) is 39.9 Å². The number of aliphatic imine (C=N–C) groups is 1. The molecule has 2 aromatic rings. The third-order valence-corrected chi connectivity index (χ3v) is 5.71. The van der Waals surface area contributed by atoms with Crippen LogP contribution < -0.4 is 20.1 Å². The second-order valence-electron chi connectivity index (χ2n) is 8.08. The largest absolute Gasteiger partial charge is 0.490 e. The van der Waals surface area contributed by atoms with Crippen LogP contribution in [0.4, 0.5) is 0 Å².